The SMILES string of the molecule is C#CC(=C)C.CC(C)=O. The number of hydrogen-bond donors (Lipinski definition) is 0. The van der Waals surface area contributed by atoms with Crippen LogP contribution >= 0.6 is 0 Å². The van der Waals surface area contributed by atoms with Crippen LogP contribution < -0.4 is 0 Å². The van der Waals surface area contributed by atoms with Crippen LogP contribution in [0.4, 0.5) is 0 Å². The summed E-state index contributed by atoms with van der Waals surface area (Å²) >= 11 is 0. The molecule has 0 spiro atoms. The van der Waals surface area contributed by atoms with Crippen LogP contribution in [0.5, 0.6) is 0 Å². The van der Waals surface area contributed by atoms with Crippen LogP contribution in [-0.4, -0.2) is 5.78 Å². The first kappa shape index (κ1) is 10.9. The van der Waals surface area contributed by atoms with Crippen molar-refractivity contribution in [2.24, 2.45) is 0 Å². The molecule has 1 nitrogen and oxygen atoms in total. The molecule has 0 saturated carbocycles. The Kier molecular flexibility index (Phi) is 8.41. The van der Waals surface area contributed by atoms with E-state index in [1.54, 1.807) is 6.92 Å². The highest BCUT2D eigenvalue weighted by molar-refractivity contribution is 5.72. The van der Waals surface area contributed by atoms with Crippen molar-refractivity contribution in [2.75, 3.05) is 0 Å². The maximum atomic E-state index is 9.44. The number of terminal acetylenes is 1. The number of ketones is 1. The Balaban J connectivity index is 0. The molecule has 0 heterocycles. The van der Waals surface area contributed by atoms with E-state index in [1.807, 2.05) is 0 Å². The normalized spacial score (nSPS) is 6.00. The lowest BCUT2D eigenvalue weighted by Crippen LogP contribution is -1.69. The summed E-state index contributed by atoms with van der Waals surface area (Å²) in [7, 11) is 0. The maximum Gasteiger partial charge on any atom is 0.126 e. The predicted octanol–water partition coefficient (Wildman–Crippen LogP) is 1.79. The van der Waals surface area contributed by atoms with Crippen LogP contribution in [0.3, 0.4) is 0 Å². The molecule has 1 heteroatoms. The largest absolute Gasteiger partial charge is 0.300 e. The van der Waals surface area contributed by atoms with Crippen molar-refractivity contribution in [1.29, 1.82) is 0 Å². The zero-order valence-corrected chi connectivity index (χ0v) is 6.19. The van der Waals surface area contributed by atoms with Gasteiger partial charge in [-0.2, -0.15) is 0 Å². The topological polar surface area (TPSA) is 17.1 Å². The number of rotatable bonds is 0. The van der Waals surface area contributed by atoms with E-state index >= 15 is 0 Å². The van der Waals surface area contributed by atoms with E-state index in [-0.39, 0.29) is 5.78 Å². The van der Waals surface area contributed by atoms with Crippen LogP contribution in [0.15, 0.2) is 12.2 Å². The highest BCUT2D eigenvalue weighted by Gasteiger charge is 1.62. The molecular weight excluding hydrogens is 112 g/mol. The first-order valence-electron chi connectivity index (χ1n) is 2.60. The van der Waals surface area contributed by atoms with Crippen molar-refractivity contribution >= 4 is 5.78 Å². The van der Waals surface area contributed by atoms with E-state index in [0.29, 0.717) is 0 Å². The van der Waals surface area contributed by atoms with Crippen LogP contribution in [0.25, 0.3) is 0 Å². The highest BCUT2D eigenvalue weighted by Crippen LogP contribution is 1.74. The summed E-state index contributed by atoms with van der Waals surface area (Å²) in [6.45, 7) is 8.28. The summed E-state index contributed by atoms with van der Waals surface area (Å²) in [5.74, 6) is 2.50. The minimum Gasteiger partial charge on any atom is -0.300 e. The third-order valence-corrected chi connectivity index (χ3v) is 0.246. The number of allylic oxidation sites excluding steroid dienone is 1. The Hall–Kier alpha value is -1.03. The summed E-state index contributed by atoms with van der Waals surface area (Å²) < 4.78 is 0. The zero-order chi connectivity index (χ0) is 7.86. The molecule has 9 heavy (non-hydrogen) atoms. The lowest BCUT2D eigenvalue weighted by atomic mass is 10.4. The van der Waals surface area contributed by atoms with Crippen molar-refractivity contribution in [2.45, 2.75) is 20.8 Å². The molecule has 0 aromatic carbocycles. The number of Topliss-reactive ketones (excluding diaryl/α,β-unsaturated/α-hetero) is 1. The molecular formula is C8H12O. The minimum absolute atomic E-state index is 0.167. The molecule has 0 saturated heterocycles. The fourth-order valence-corrected chi connectivity index (χ4v) is 0. The molecule has 0 N–H and O–H groups in total. The fourth-order valence-electron chi connectivity index (χ4n) is 0. The van der Waals surface area contributed by atoms with E-state index < -0.39 is 0 Å². The molecule has 0 aliphatic rings. The monoisotopic (exact) mass is 124 g/mol. The van der Waals surface area contributed by atoms with Gasteiger partial charge >= 0.3 is 0 Å². The summed E-state index contributed by atoms with van der Waals surface area (Å²) in [5, 5.41) is 0. The van der Waals surface area contributed by atoms with Crippen molar-refractivity contribution in [1.82, 2.24) is 0 Å². The molecule has 0 fully saturated rings. The summed E-state index contributed by atoms with van der Waals surface area (Å²) in [4.78, 5) is 9.44. The quantitative estimate of drug-likeness (QED) is 0.450. The van der Waals surface area contributed by atoms with E-state index in [2.05, 4.69) is 12.5 Å². The summed E-state index contributed by atoms with van der Waals surface area (Å²) in [5.41, 5.74) is 0.782. The van der Waals surface area contributed by atoms with E-state index in [1.165, 1.54) is 13.8 Å². The van der Waals surface area contributed by atoms with Gasteiger partial charge in [0, 0.05) is 0 Å². The molecule has 0 aromatic rings. The first-order valence-corrected chi connectivity index (χ1v) is 2.60. The summed E-state index contributed by atoms with van der Waals surface area (Å²) in [6, 6.07) is 0. The fraction of sp³-hybridized carbons (Fsp3) is 0.375. The van der Waals surface area contributed by atoms with Gasteiger partial charge in [0.2, 0.25) is 0 Å². The maximum absolute atomic E-state index is 9.44. The molecule has 50 valence electrons. The number of carbonyl (C=O) groups is 1. The highest BCUT2D eigenvalue weighted by atomic mass is 16.1. The van der Waals surface area contributed by atoms with Crippen LogP contribution in [0.2, 0.25) is 0 Å². The number of carbonyl (C=O) groups excluding carboxylic acids is 1. The van der Waals surface area contributed by atoms with Gasteiger partial charge in [0.15, 0.2) is 0 Å². The van der Waals surface area contributed by atoms with E-state index in [9.17, 15) is 4.79 Å². The van der Waals surface area contributed by atoms with Crippen molar-refractivity contribution in [3.05, 3.63) is 12.2 Å². The Bertz CT molecular complexity index is 133. The van der Waals surface area contributed by atoms with Gasteiger partial charge in [0.05, 0.1) is 0 Å². The van der Waals surface area contributed by atoms with E-state index in [0.717, 1.165) is 5.57 Å². The average Bonchev–Trinajstić information content (AvgIpc) is 1.65. The third kappa shape index (κ3) is 183. The van der Waals surface area contributed by atoms with Gasteiger partial charge in [0.25, 0.3) is 0 Å². The molecule has 0 rings (SSSR count). The van der Waals surface area contributed by atoms with Gasteiger partial charge < -0.3 is 4.79 Å². The van der Waals surface area contributed by atoms with Crippen LogP contribution in [0.1, 0.15) is 20.8 Å². The molecule has 0 aromatic heterocycles. The molecule has 0 atom stereocenters. The predicted molar refractivity (Wildman–Crippen MR) is 40.0 cm³/mol. The third-order valence-electron chi connectivity index (χ3n) is 0.246. The average molecular weight is 124 g/mol. The number of hydrogen-bond acceptors (Lipinski definition) is 1. The summed E-state index contributed by atoms with van der Waals surface area (Å²) in [6.07, 6.45) is 4.82. The van der Waals surface area contributed by atoms with Crippen molar-refractivity contribution in [3.63, 3.8) is 0 Å². The van der Waals surface area contributed by atoms with Gasteiger partial charge in [-0.15, -0.1) is 6.42 Å². The first-order chi connectivity index (χ1) is 4.00. The van der Waals surface area contributed by atoms with Gasteiger partial charge in [-0.3, -0.25) is 0 Å². The Morgan fingerprint density at radius 2 is 1.56 bits per heavy atom. The second-order valence-electron chi connectivity index (χ2n) is 1.83. The molecule has 0 aliphatic heterocycles. The molecule has 0 bridgehead atoms. The van der Waals surface area contributed by atoms with Gasteiger partial charge in [-0.05, 0) is 26.3 Å². The van der Waals surface area contributed by atoms with Crippen molar-refractivity contribution < 1.29 is 4.79 Å². The zero-order valence-electron chi connectivity index (χ0n) is 6.19. The smallest absolute Gasteiger partial charge is 0.126 e. The lowest BCUT2D eigenvalue weighted by Gasteiger charge is -1.66. The Morgan fingerprint density at radius 3 is 1.56 bits per heavy atom. The van der Waals surface area contributed by atoms with Gasteiger partial charge in [-0.1, -0.05) is 12.5 Å². The van der Waals surface area contributed by atoms with E-state index in [4.69, 9.17) is 6.42 Å². The Labute approximate surface area is 56.8 Å². The molecule has 0 radical (unpaired) electrons. The molecule has 0 aliphatic carbocycles. The molecule has 0 amide bonds. The van der Waals surface area contributed by atoms with Gasteiger partial charge in [-0.25, -0.2) is 0 Å². The second-order valence-corrected chi connectivity index (χ2v) is 1.83. The van der Waals surface area contributed by atoms with Crippen molar-refractivity contribution in [3.8, 4) is 12.3 Å². The molecule has 0 unspecified atom stereocenters. The second kappa shape index (κ2) is 6.97. The van der Waals surface area contributed by atoms with Gasteiger partial charge in [0.1, 0.15) is 5.78 Å². The van der Waals surface area contributed by atoms with Crippen LogP contribution in [-0.2, 0) is 4.79 Å². The van der Waals surface area contributed by atoms with Crippen LogP contribution in [0, 0.1) is 12.3 Å². The Morgan fingerprint density at radius 1 is 1.44 bits per heavy atom. The lowest BCUT2D eigenvalue weighted by molar-refractivity contribution is -0.114. The minimum atomic E-state index is 0.167. The standard InChI is InChI=1S/C5H6.C3H6O/c1-4-5(2)3;1-3(2)4/h1H,2H2,3H3;1-2H3.